The highest BCUT2D eigenvalue weighted by atomic mass is 16.5. The van der Waals surface area contributed by atoms with Crippen LogP contribution in [0.4, 0.5) is 0 Å². The SMILES string of the molecule is C=CCNC(C(=O)OCC)C1CCOC1. The molecule has 1 N–H and O–H groups in total. The topological polar surface area (TPSA) is 47.6 Å². The van der Waals surface area contributed by atoms with E-state index in [1.54, 1.807) is 6.08 Å². The Hall–Kier alpha value is -0.870. The molecular weight excluding hydrogens is 194 g/mol. The average Bonchev–Trinajstić information content (AvgIpc) is 2.72. The summed E-state index contributed by atoms with van der Waals surface area (Å²) in [4.78, 5) is 11.7. The lowest BCUT2D eigenvalue weighted by Crippen LogP contribution is -2.44. The van der Waals surface area contributed by atoms with Gasteiger partial charge in [0.15, 0.2) is 0 Å². The quantitative estimate of drug-likeness (QED) is 0.522. The predicted octanol–water partition coefficient (Wildman–Crippen LogP) is 0.730. The molecule has 0 aromatic heterocycles. The monoisotopic (exact) mass is 213 g/mol. The van der Waals surface area contributed by atoms with Crippen LogP contribution in [-0.2, 0) is 14.3 Å². The first-order valence-electron chi connectivity index (χ1n) is 5.38. The Kier molecular flexibility index (Phi) is 5.36. The molecule has 4 heteroatoms. The molecule has 2 atom stereocenters. The number of ether oxygens (including phenoxy) is 2. The third-order valence-electron chi connectivity index (χ3n) is 2.46. The van der Waals surface area contributed by atoms with Gasteiger partial charge in [-0.3, -0.25) is 4.79 Å². The van der Waals surface area contributed by atoms with Gasteiger partial charge in [0.25, 0.3) is 0 Å². The Balaban J connectivity index is 2.50. The zero-order valence-corrected chi connectivity index (χ0v) is 9.20. The number of esters is 1. The number of carbonyl (C=O) groups is 1. The van der Waals surface area contributed by atoms with Crippen molar-refractivity contribution in [2.75, 3.05) is 26.4 Å². The van der Waals surface area contributed by atoms with Gasteiger partial charge in [-0.1, -0.05) is 6.08 Å². The smallest absolute Gasteiger partial charge is 0.323 e. The van der Waals surface area contributed by atoms with Crippen LogP contribution in [0.15, 0.2) is 12.7 Å². The van der Waals surface area contributed by atoms with Crippen LogP contribution in [0.2, 0.25) is 0 Å². The lowest BCUT2D eigenvalue weighted by atomic mass is 9.99. The minimum Gasteiger partial charge on any atom is -0.465 e. The molecule has 0 saturated carbocycles. The van der Waals surface area contributed by atoms with Crippen LogP contribution in [0.3, 0.4) is 0 Å². The lowest BCUT2D eigenvalue weighted by molar-refractivity contribution is -0.147. The van der Waals surface area contributed by atoms with Gasteiger partial charge >= 0.3 is 5.97 Å². The van der Waals surface area contributed by atoms with E-state index in [9.17, 15) is 4.79 Å². The molecule has 0 radical (unpaired) electrons. The molecule has 0 aliphatic carbocycles. The second kappa shape index (κ2) is 6.58. The first kappa shape index (κ1) is 12.2. The summed E-state index contributed by atoms with van der Waals surface area (Å²) < 4.78 is 10.3. The van der Waals surface area contributed by atoms with Crippen molar-refractivity contribution >= 4 is 5.97 Å². The van der Waals surface area contributed by atoms with Crippen molar-refractivity contribution in [2.24, 2.45) is 5.92 Å². The van der Waals surface area contributed by atoms with E-state index in [-0.39, 0.29) is 17.9 Å². The van der Waals surface area contributed by atoms with E-state index >= 15 is 0 Å². The maximum absolute atomic E-state index is 11.7. The van der Waals surface area contributed by atoms with Gasteiger partial charge < -0.3 is 14.8 Å². The minimum absolute atomic E-state index is 0.185. The summed E-state index contributed by atoms with van der Waals surface area (Å²) in [5.41, 5.74) is 0. The molecule has 0 aromatic carbocycles. The molecule has 15 heavy (non-hydrogen) atoms. The zero-order valence-electron chi connectivity index (χ0n) is 9.20. The maximum Gasteiger partial charge on any atom is 0.323 e. The predicted molar refractivity (Wildman–Crippen MR) is 57.5 cm³/mol. The van der Waals surface area contributed by atoms with Gasteiger partial charge in [0.05, 0.1) is 13.2 Å². The number of nitrogens with one attached hydrogen (secondary N) is 1. The Morgan fingerprint density at radius 1 is 1.80 bits per heavy atom. The fraction of sp³-hybridized carbons (Fsp3) is 0.727. The van der Waals surface area contributed by atoms with Crippen molar-refractivity contribution in [1.29, 1.82) is 0 Å². The standard InChI is InChI=1S/C11H19NO3/c1-3-6-12-10(11(13)15-4-2)9-5-7-14-8-9/h3,9-10,12H,1,4-8H2,2H3. The molecule has 1 aliphatic rings. The van der Waals surface area contributed by atoms with E-state index in [0.717, 1.165) is 13.0 Å². The van der Waals surface area contributed by atoms with Gasteiger partial charge in [0, 0.05) is 19.1 Å². The maximum atomic E-state index is 11.7. The second-order valence-electron chi connectivity index (χ2n) is 3.55. The van der Waals surface area contributed by atoms with E-state index in [1.165, 1.54) is 0 Å². The third-order valence-corrected chi connectivity index (χ3v) is 2.46. The number of hydrogen-bond donors (Lipinski definition) is 1. The lowest BCUT2D eigenvalue weighted by Gasteiger charge is -2.21. The Bertz CT molecular complexity index is 212. The number of rotatable bonds is 6. The molecule has 1 rings (SSSR count). The molecule has 1 saturated heterocycles. The minimum atomic E-state index is -0.259. The molecule has 0 spiro atoms. The molecule has 0 aromatic rings. The summed E-state index contributed by atoms with van der Waals surface area (Å²) in [7, 11) is 0. The Morgan fingerprint density at radius 2 is 2.60 bits per heavy atom. The molecule has 1 heterocycles. The second-order valence-corrected chi connectivity index (χ2v) is 3.55. The fourth-order valence-corrected chi connectivity index (χ4v) is 1.70. The van der Waals surface area contributed by atoms with Crippen molar-refractivity contribution in [3.05, 3.63) is 12.7 Å². The van der Waals surface area contributed by atoms with Crippen LogP contribution in [0.1, 0.15) is 13.3 Å². The van der Waals surface area contributed by atoms with E-state index in [0.29, 0.717) is 19.8 Å². The summed E-state index contributed by atoms with van der Waals surface area (Å²) in [6.07, 6.45) is 2.65. The molecule has 1 aliphatic heterocycles. The number of hydrogen-bond acceptors (Lipinski definition) is 4. The summed E-state index contributed by atoms with van der Waals surface area (Å²) in [6, 6.07) is -0.259. The van der Waals surface area contributed by atoms with Gasteiger partial charge in [-0.25, -0.2) is 0 Å². The van der Waals surface area contributed by atoms with Crippen molar-refractivity contribution in [3.8, 4) is 0 Å². The highest BCUT2D eigenvalue weighted by Gasteiger charge is 2.31. The highest BCUT2D eigenvalue weighted by Crippen LogP contribution is 2.17. The van der Waals surface area contributed by atoms with Gasteiger partial charge in [0.2, 0.25) is 0 Å². The molecule has 0 amide bonds. The molecule has 2 unspecified atom stereocenters. The van der Waals surface area contributed by atoms with E-state index in [4.69, 9.17) is 9.47 Å². The van der Waals surface area contributed by atoms with Crippen molar-refractivity contribution < 1.29 is 14.3 Å². The summed E-state index contributed by atoms with van der Waals surface area (Å²) in [5.74, 6) is 0.0406. The van der Waals surface area contributed by atoms with E-state index < -0.39 is 0 Å². The summed E-state index contributed by atoms with van der Waals surface area (Å²) in [5, 5.41) is 3.12. The van der Waals surface area contributed by atoms with Crippen LogP contribution >= 0.6 is 0 Å². The van der Waals surface area contributed by atoms with Gasteiger partial charge in [-0.15, -0.1) is 6.58 Å². The highest BCUT2D eigenvalue weighted by molar-refractivity contribution is 5.76. The summed E-state index contributed by atoms with van der Waals surface area (Å²) >= 11 is 0. The van der Waals surface area contributed by atoms with E-state index in [1.807, 2.05) is 6.92 Å². The normalized spacial score (nSPS) is 22.3. The van der Waals surface area contributed by atoms with Crippen molar-refractivity contribution in [1.82, 2.24) is 5.32 Å². The average molecular weight is 213 g/mol. The van der Waals surface area contributed by atoms with Crippen LogP contribution in [-0.4, -0.2) is 38.4 Å². The molecule has 4 nitrogen and oxygen atoms in total. The Labute approximate surface area is 90.6 Å². The Morgan fingerprint density at radius 3 is 3.13 bits per heavy atom. The fourth-order valence-electron chi connectivity index (χ4n) is 1.70. The van der Waals surface area contributed by atoms with Crippen molar-refractivity contribution in [3.63, 3.8) is 0 Å². The molecular formula is C11H19NO3. The first-order chi connectivity index (χ1) is 7.29. The number of carbonyl (C=O) groups excluding carboxylic acids is 1. The van der Waals surface area contributed by atoms with Gasteiger partial charge in [-0.2, -0.15) is 0 Å². The largest absolute Gasteiger partial charge is 0.465 e. The summed E-state index contributed by atoms with van der Waals surface area (Å²) in [6.45, 7) is 7.82. The zero-order chi connectivity index (χ0) is 11.1. The van der Waals surface area contributed by atoms with Crippen LogP contribution < -0.4 is 5.32 Å². The van der Waals surface area contributed by atoms with Gasteiger partial charge in [0.1, 0.15) is 6.04 Å². The van der Waals surface area contributed by atoms with Crippen molar-refractivity contribution in [2.45, 2.75) is 19.4 Å². The van der Waals surface area contributed by atoms with Crippen LogP contribution in [0, 0.1) is 5.92 Å². The third kappa shape index (κ3) is 3.64. The first-order valence-corrected chi connectivity index (χ1v) is 5.38. The molecule has 0 bridgehead atoms. The van der Waals surface area contributed by atoms with Crippen LogP contribution in [0.25, 0.3) is 0 Å². The van der Waals surface area contributed by atoms with E-state index in [2.05, 4.69) is 11.9 Å². The van der Waals surface area contributed by atoms with Crippen LogP contribution in [0.5, 0.6) is 0 Å². The van der Waals surface area contributed by atoms with Gasteiger partial charge in [-0.05, 0) is 13.3 Å². The molecule has 86 valence electrons. The molecule has 1 fully saturated rings.